The van der Waals surface area contributed by atoms with Gasteiger partial charge in [0.1, 0.15) is 5.82 Å². The first-order valence-corrected chi connectivity index (χ1v) is 10.5. The van der Waals surface area contributed by atoms with Crippen molar-refractivity contribution < 1.29 is 9.18 Å². The number of halogens is 2. The smallest absolute Gasteiger partial charge is 0.256 e. The van der Waals surface area contributed by atoms with Crippen molar-refractivity contribution in [1.29, 1.82) is 0 Å². The third kappa shape index (κ3) is 4.45. The summed E-state index contributed by atoms with van der Waals surface area (Å²) < 4.78 is 14.3. The topological polar surface area (TPSA) is 46.1 Å². The molecule has 3 aromatic rings. The first-order valence-electron chi connectivity index (χ1n) is 10.1. The van der Waals surface area contributed by atoms with Crippen molar-refractivity contribution in [2.75, 3.05) is 13.1 Å². The predicted molar refractivity (Wildman–Crippen MR) is 119 cm³/mol. The number of terminal acetylenes is 1. The highest BCUT2D eigenvalue weighted by Gasteiger charge is 2.36. The quantitative estimate of drug-likeness (QED) is 0.542. The van der Waals surface area contributed by atoms with Gasteiger partial charge in [-0.15, -0.1) is 6.42 Å². The molecule has 1 saturated heterocycles. The number of hydrogen-bond donors (Lipinski definition) is 0. The minimum absolute atomic E-state index is 0.0804. The van der Waals surface area contributed by atoms with E-state index in [4.69, 9.17) is 18.0 Å². The number of benzene rings is 1. The molecule has 3 heterocycles. The van der Waals surface area contributed by atoms with Gasteiger partial charge in [-0.1, -0.05) is 23.6 Å². The maximum Gasteiger partial charge on any atom is 0.256 e. The molecule has 0 radical (unpaired) electrons. The molecule has 0 saturated carbocycles. The van der Waals surface area contributed by atoms with Crippen molar-refractivity contribution in [2.45, 2.75) is 19.3 Å². The predicted octanol–water partition coefficient (Wildman–Crippen LogP) is 5.03. The van der Waals surface area contributed by atoms with Crippen LogP contribution in [0.25, 0.3) is 11.3 Å². The van der Waals surface area contributed by atoms with E-state index >= 15 is 0 Å². The van der Waals surface area contributed by atoms with Crippen LogP contribution in [-0.4, -0.2) is 33.9 Å². The van der Waals surface area contributed by atoms with Gasteiger partial charge in [0.25, 0.3) is 5.91 Å². The number of rotatable bonds is 4. The molecule has 4 nitrogen and oxygen atoms in total. The molecule has 0 aliphatic carbocycles. The Kier molecular flexibility index (Phi) is 6.01. The second-order valence-corrected chi connectivity index (χ2v) is 8.20. The van der Waals surface area contributed by atoms with Gasteiger partial charge >= 0.3 is 0 Å². The van der Waals surface area contributed by atoms with Gasteiger partial charge in [0.15, 0.2) is 0 Å². The monoisotopic (exact) mass is 433 g/mol. The Morgan fingerprint density at radius 1 is 1.16 bits per heavy atom. The largest absolute Gasteiger partial charge is 0.338 e. The molecule has 1 fully saturated rings. The van der Waals surface area contributed by atoms with Crippen molar-refractivity contribution in [3.8, 4) is 23.6 Å². The van der Waals surface area contributed by atoms with Gasteiger partial charge in [-0.05, 0) is 61.2 Å². The second-order valence-electron chi connectivity index (χ2n) is 7.76. The second kappa shape index (κ2) is 8.87. The number of piperidine rings is 1. The summed E-state index contributed by atoms with van der Waals surface area (Å²) in [5, 5.41) is 0.359. The summed E-state index contributed by atoms with van der Waals surface area (Å²) >= 11 is 5.86. The van der Waals surface area contributed by atoms with E-state index in [0.717, 1.165) is 5.56 Å². The van der Waals surface area contributed by atoms with Crippen LogP contribution in [0.15, 0.2) is 61.1 Å². The maximum atomic E-state index is 14.3. The van der Waals surface area contributed by atoms with Crippen molar-refractivity contribution in [2.24, 2.45) is 5.41 Å². The zero-order chi connectivity index (χ0) is 21.8. The highest BCUT2D eigenvalue weighted by molar-refractivity contribution is 6.30. The number of nitrogens with zero attached hydrogens (tertiary/aromatic N) is 3. The van der Waals surface area contributed by atoms with Crippen LogP contribution >= 0.6 is 11.6 Å². The van der Waals surface area contributed by atoms with E-state index in [9.17, 15) is 9.18 Å². The molecule has 0 spiro atoms. The fourth-order valence-corrected chi connectivity index (χ4v) is 4.19. The number of aromatic nitrogens is 2. The lowest BCUT2D eigenvalue weighted by Gasteiger charge is -2.39. The van der Waals surface area contributed by atoms with Gasteiger partial charge in [-0.3, -0.25) is 14.8 Å². The van der Waals surface area contributed by atoms with E-state index in [0.29, 0.717) is 54.2 Å². The summed E-state index contributed by atoms with van der Waals surface area (Å²) in [7, 11) is 0. The summed E-state index contributed by atoms with van der Waals surface area (Å²) in [6.45, 7) is 1.01. The molecule has 4 rings (SSSR count). The van der Waals surface area contributed by atoms with Crippen molar-refractivity contribution in [3.05, 3.63) is 83.0 Å². The van der Waals surface area contributed by atoms with E-state index in [1.165, 1.54) is 6.07 Å². The van der Waals surface area contributed by atoms with Crippen molar-refractivity contribution in [1.82, 2.24) is 14.9 Å². The van der Waals surface area contributed by atoms with E-state index in [1.54, 1.807) is 47.8 Å². The van der Waals surface area contributed by atoms with Gasteiger partial charge in [-0.2, -0.15) is 0 Å². The number of hydrogen-bond acceptors (Lipinski definition) is 3. The van der Waals surface area contributed by atoms with Crippen LogP contribution in [0.3, 0.4) is 0 Å². The zero-order valence-corrected chi connectivity index (χ0v) is 17.6. The first kappa shape index (κ1) is 21.0. The Bertz CT molecular complexity index is 1140. The van der Waals surface area contributed by atoms with E-state index in [2.05, 4.69) is 15.9 Å². The number of likely N-dealkylation sites (tertiary alicyclic amines) is 1. The Balaban J connectivity index is 1.51. The lowest BCUT2D eigenvalue weighted by atomic mass is 9.74. The fraction of sp³-hybridized carbons (Fsp3) is 0.240. The molecule has 1 aliphatic heterocycles. The van der Waals surface area contributed by atoms with Crippen molar-refractivity contribution in [3.63, 3.8) is 0 Å². The summed E-state index contributed by atoms with van der Waals surface area (Å²) in [6, 6.07) is 11.9. The van der Waals surface area contributed by atoms with Gasteiger partial charge in [0.05, 0.1) is 11.3 Å². The van der Waals surface area contributed by atoms with Gasteiger partial charge in [0, 0.05) is 47.7 Å². The minimum atomic E-state index is -0.492. The van der Waals surface area contributed by atoms with E-state index in [-0.39, 0.29) is 11.7 Å². The van der Waals surface area contributed by atoms with Crippen LogP contribution in [0.1, 0.15) is 28.8 Å². The lowest BCUT2D eigenvalue weighted by Crippen LogP contribution is -2.43. The van der Waals surface area contributed by atoms with Crippen LogP contribution < -0.4 is 0 Å². The molecule has 0 bridgehead atoms. The van der Waals surface area contributed by atoms with Crippen LogP contribution in [0, 0.1) is 23.6 Å². The highest BCUT2D eigenvalue weighted by atomic mass is 35.5. The standard InChI is InChI=1S/C25H21ClFN3O/c1-2-25(17-19-5-6-20(26)16-22(19)27)9-14-30(15-10-25)24(31)21-4-3-11-29-23(21)18-7-12-28-13-8-18/h1,3-8,11-13,16H,9-10,14-15,17H2. The highest BCUT2D eigenvalue weighted by Crippen LogP contribution is 2.36. The van der Waals surface area contributed by atoms with Crippen LogP contribution in [0.5, 0.6) is 0 Å². The number of pyridine rings is 2. The number of amides is 1. The molecule has 31 heavy (non-hydrogen) atoms. The molecule has 1 amide bonds. The normalized spacial score (nSPS) is 15.3. The van der Waals surface area contributed by atoms with Gasteiger partial charge in [0.2, 0.25) is 0 Å². The summed E-state index contributed by atoms with van der Waals surface area (Å²) in [5.41, 5.74) is 2.08. The molecular weight excluding hydrogens is 413 g/mol. The average molecular weight is 434 g/mol. The van der Waals surface area contributed by atoms with Gasteiger partial charge < -0.3 is 4.90 Å². The van der Waals surface area contributed by atoms with Gasteiger partial charge in [-0.25, -0.2) is 4.39 Å². The van der Waals surface area contributed by atoms with Crippen LogP contribution in [0.2, 0.25) is 5.02 Å². The SMILES string of the molecule is C#CC1(Cc2ccc(Cl)cc2F)CCN(C(=O)c2cccnc2-c2ccncc2)CC1. The lowest BCUT2D eigenvalue weighted by molar-refractivity contribution is 0.0649. The van der Waals surface area contributed by atoms with Crippen LogP contribution in [-0.2, 0) is 6.42 Å². The molecule has 1 aliphatic rings. The average Bonchev–Trinajstić information content (AvgIpc) is 2.81. The Morgan fingerprint density at radius 2 is 1.90 bits per heavy atom. The summed E-state index contributed by atoms with van der Waals surface area (Å²) in [4.78, 5) is 23.5. The molecule has 2 aromatic heterocycles. The molecule has 156 valence electrons. The Morgan fingerprint density at radius 3 is 2.58 bits per heavy atom. The zero-order valence-electron chi connectivity index (χ0n) is 16.9. The molecule has 6 heteroatoms. The third-order valence-electron chi connectivity index (χ3n) is 5.85. The molecule has 1 aromatic carbocycles. The Hall–Kier alpha value is -3.23. The number of carbonyl (C=O) groups is 1. The summed E-state index contributed by atoms with van der Waals surface area (Å²) in [5.74, 6) is 2.46. The number of carbonyl (C=O) groups excluding carboxylic acids is 1. The van der Waals surface area contributed by atoms with Crippen LogP contribution in [0.4, 0.5) is 4.39 Å². The molecule has 0 unspecified atom stereocenters. The summed E-state index contributed by atoms with van der Waals surface area (Å²) in [6.07, 6.45) is 12.5. The fourth-order valence-electron chi connectivity index (χ4n) is 4.03. The van der Waals surface area contributed by atoms with E-state index < -0.39 is 5.41 Å². The first-order chi connectivity index (χ1) is 15.0. The third-order valence-corrected chi connectivity index (χ3v) is 6.08. The van der Waals surface area contributed by atoms with E-state index in [1.807, 2.05) is 12.1 Å². The maximum absolute atomic E-state index is 14.3. The Labute approximate surface area is 186 Å². The minimum Gasteiger partial charge on any atom is -0.338 e. The van der Waals surface area contributed by atoms with Crippen molar-refractivity contribution >= 4 is 17.5 Å². The molecular formula is C25H21ClFN3O. The molecule has 0 atom stereocenters. The molecule has 0 N–H and O–H groups in total.